The highest BCUT2D eigenvalue weighted by molar-refractivity contribution is 5.66. The molecule has 8 heteroatoms. The Bertz CT molecular complexity index is 613. The molecule has 1 aliphatic carbocycles. The number of hydrogen-bond donors (Lipinski definition) is 2. The van der Waals surface area contributed by atoms with Crippen LogP contribution in [-0.2, 0) is 14.3 Å². The Morgan fingerprint density at radius 2 is 1.77 bits per heavy atom. The third-order valence-electron chi connectivity index (χ3n) is 6.24. The fourth-order valence-electron chi connectivity index (χ4n) is 4.80. The molecule has 3 unspecified atom stereocenters. The number of nitrogens with zero attached hydrogens (tertiary/aromatic N) is 1. The van der Waals surface area contributed by atoms with Gasteiger partial charge in [0, 0.05) is 36.2 Å². The molecule has 0 aromatic rings. The van der Waals surface area contributed by atoms with Gasteiger partial charge in [0.2, 0.25) is 6.54 Å². The highest BCUT2D eigenvalue weighted by atomic mass is 16.7. The molecule has 31 heavy (non-hydrogen) atoms. The summed E-state index contributed by atoms with van der Waals surface area (Å²) in [7, 11) is 0. The van der Waals surface area contributed by atoms with Crippen molar-refractivity contribution in [3.8, 4) is 0 Å². The van der Waals surface area contributed by atoms with Crippen molar-refractivity contribution < 1.29 is 29.4 Å². The smallest absolute Gasteiger partial charge is 0.303 e. The first-order valence-electron chi connectivity index (χ1n) is 11.5. The van der Waals surface area contributed by atoms with Crippen molar-refractivity contribution in [1.29, 1.82) is 0 Å². The van der Waals surface area contributed by atoms with Crippen molar-refractivity contribution in [2.45, 2.75) is 70.0 Å². The zero-order chi connectivity index (χ0) is 22.5. The summed E-state index contributed by atoms with van der Waals surface area (Å²) >= 11 is 0. The molecule has 1 aliphatic heterocycles. The van der Waals surface area contributed by atoms with Gasteiger partial charge in [-0.2, -0.15) is 0 Å². The van der Waals surface area contributed by atoms with Gasteiger partial charge in [-0.1, -0.05) is 37.1 Å². The van der Waals surface area contributed by atoms with E-state index in [2.05, 4.69) is 12.2 Å². The van der Waals surface area contributed by atoms with E-state index in [-0.39, 0.29) is 42.2 Å². The van der Waals surface area contributed by atoms with Gasteiger partial charge in [0.1, 0.15) is 0 Å². The van der Waals surface area contributed by atoms with E-state index < -0.39 is 11.8 Å². The predicted octanol–water partition coefficient (Wildman–Crippen LogP) is 3.96. The van der Waals surface area contributed by atoms with Crippen LogP contribution in [-0.4, -0.2) is 53.3 Å². The number of aliphatic carboxylic acids is 1. The highest BCUT2D eigenvalue weighted by Gasteiger charge is 2.57. The van der Waals surface area contributed by atoms with Crippen molar-refractivity contribution in [2.24, 2.45) is 17.8 Å². The molecule has 0 amide bonds. The van der Waals surface area contributed by atoms with Crippen molar-refractivity contribution >= 4 is 5.97 Å². The van der Waals surface area contributed by atoms with Crippen LogP contribution in [0.2, 0.25) is 0 Å². The van der Waals surface area contributed by atoms with Crippen LogP contribution in [0.5, 0.6) is 0 Å². The van der Waals surface area contributed by atoms with Gasteiger partial charge >= 0.3 is 5.97 Å². The molecule has 1 saturated heterocycles. The molecular formula is C23H37NO7. The van der Waals surface area contributed by atoms with E-state index in [0.29, 0.717) is 38.9 Å². The Kier molecular flexibility index (Phi) is 11.2. The lowest BCUT2D eigenvalue weighted by atomic mass is 9.85. The molecule has 2 aliphatic rings. The number of hydrogen-bond acceptors (Lipinski definition) is 6. The van der Waals surface area contributed by atoms with Crippen molar-refractivity contribution in [3.63, 3.8) is 0 Å². The second-order valence-corrected chi connectivity index (χ2v) is 8.52. The van der Waals surface area contributed by atoms with Crippen LogP contribution >= 0.6 is 0 Å². The van der Waals surface area contributed by atoms with E-state index in [0.717, 1.165) is 32.1 Å². The summed E-state index contributed by atoms with van der Waals surface area (Å²) in [6, 6.07) is 0. The zero-order valence-corrected chi connectivity index (χ0v) is 18.3. The number of unbranched alkanes of at least 4 members (excludes halogenated alkanes) is 5. The quantitative estimate of drug-likeness (QED) is 0.171. The molecular weight excluding hydrogens is 402 g/mol. The molecule has 8 nitrogen and oxygen atoms in total. The van der Waals surface area contributed by atoms with Crippen LogP contribution < -0.4 is 0 Å². The van der Waals surface area contributed by atoms with Crippen molar-refractivity contribution in [2.75, 3.05) is 26.4 Å². The number of carboxylic acids is 1. The van der Waals surface area contributed by atoms with E-state index >= 15 is 0 Å². The number of ether oxygens (including phenoxy) is 2. The van der Waals surface area contributed by atoms with Crippen molar-refractivity contribution in [3.05, 3.63) is 34.4 Å². The fraction of sp³-hybridized carbons (Fsp3) is 0.783. The molecule has 2 fully saturated rings. The van der Waals surface area contributed by atoms with Gasteiger partial charge in [-0.25, -0.2) is 0 Å². The fourth-order valence-corrected chi connectivity index (χ4v) is 4.80. The SMILES string of the molecule is O=C(O)CCCC=CCC1C(C=CCCCCCCO)C(C[N+](=O)[O-])CC12OCCO2. The molecule has 1 saturated carbocycles. The largest absolute Gasteiger partial charge is 0.481 e. The summed E-state index contributed by atoms with van der Waals surface area (Å²) < 4.78 is 12.0. The first kappa shape index (κ1) is 25.5. The Morgan fingerprint density at radius 3 is 2.45 bits per heavy atom. The van der Waals surface area contributed by atoms with Crippen LogP contribution in [0, 0.1) is 27.9 Å². The lowest BCUT2D eigenvalue weighted by Crippen LogP contribution is -2.36. The first-order chi connectivity index (χ1) is 15.0. The summed E-state index contributed by atoms with van der Waals surface area (Å²) in [5.74, 6) is -1.68. The number of carbonyl (C=O) groups is 1. The van der Waals surface area contributed by atoms with Crippen LogP contribution in [0.1, 0.15) is 64.2 Å². The molecule has 0 radical (unpaired) electrons. The molecule has 1 heterocycles. The summed E-state index contributed by atoms with van der Waals surface area (Å²) in [5.41, 5.74) is 0. The zero-order valence-electron chi connectivity index (χ0n) is 18.3. The number of carboxylic acid groups (broad SMARTS) is 1. The van der Waals surface area contributed by atoms with Gasteiger partial charge in [-0.15, -0.1) is 0 Å². The highest BCUT2D eigenvalue weighted by Crippen LogP contribution is 2.51. The van der Waals surface area contributed by atoms with E-state index in [9.17, 15) is 14.9 Å². The third kappa shape index (κ3) is 8.35. The summed E-state index contributed by atoms with van der Waals surface area (Å²) in [5, 5.41) is 28.9. The van der Waals surface area contributed by atoms with E-state index in [1.807, 2.05) is 12.2 Å². The van der Waals surface area contributed by atoms with E-state index in [1.165, 1.54) is 0 Å². The minimum absolute atomic E-state index is 0.00122. The van der Waals surface area contributed by atoms with Gasteiger partial charge in [0.25, 0.3) is 0 Å². The number of allylic oxidation sites excluding steroid dienone is 4. The van der Waals surface area contributed by atoms with Crippen LogP contribution in [0.25, 0.3) is 0 Å². The van der Waals surface area contributed by atoms with Gasteiger partial charge in [-0.3, -0.25) is 14.9 Å². The average molecular weight is 440 g/mol. The van der Waals surface area contributed by atoms with Crippen LogP contribution in [0.15, 0.2) is 24.3 Å². The van der Waals surface area contributed by atoms with Gasteiger partial charge < -0.3 is 19.7 Å². The summed E-state index contributed by atoms with van der Waals surface area (Å²) in [6.07, 6.45) is 15.8. The van der Waals surface area contributed by atoms with Gasteiger partial charge in [-0.05, 0) is 44.4 Å². The molecule has 176 valence electrons. The maximum atomic E-state index is 11.3. The predicted molar refractivity (Wildman–Crippen MR) is 116 cm³/mol. The van der Waals surface area contributed by atoms with Crippen LogP contribution in [0.3, 0.4) is 0 Å². The molecule has 1 spiro atoms. The van der Waals surface area contributed by atoms with Crippen LogP contribution in [0.4, 0.5) is 0 Å². The van der Waals surface area contributed by atoms with E-state index in [4.69, 9.17) is 19.7 Å². The average Bonchev–Trinajstić information content (AvgIpc) is 3.29. The standard InChI is InChI=1S/C23H37NO7/c25-14-10-6-2-1-3-7-11-20-19(18-24(28)29)17-23(30-15-16-31-23)21(20)12-8-4-5-9-13-22(26)27/h4,7-8,11,19-21,25H,1-3,5-6,9-10,12-18H2,(H,26,27). The number of aliphatic hydroxyl groups excluding tert-OH is 1. The Balaban J connectivity index is 2.02. The lowest BCUT2D eigenvalue weighted by Gasteiger charge is -2.30. The third-order valence-corrected chi connectivity index (χ3v) is 6.24. The summed E-state index contributed by atoms with van der Waals surface area (Å²) in [4.78, 5) is 21.7. The molecule has 0 aromatic carbocycles. The molecule has 0 bridgehead atoms. The maximum Gasteiger partial charge on any atom is 0.303 e. The Hall–Kier alpha value is -1.77. The number of aliphatic hydroxyl groups is 1. The van der Waals surface area contributed by atoms with E-state index in [1.54, 1.807) is 0 Å². The maximum absolute atomic E-state index is 11.3. The minimum Gasteiger partial charge on any atom is -0.481 e. The Morgan fingerprint density at radius 1 is 1.06 bits per heavy atom. The monoisotopic (exact) mass is 439 g/mol. The second-order valence-electron chi connectivity index (χ2n) is 8.52. The number of rotatable bonds is 15. The molecule has 2 rings (SSSR count). The molecule has 2 N–H and O–H groups in total. The Labute approximate surface area is 184 Å². The number of nitro groups is 1. The lowest BCUT2D eigenvalue weighted by molar-refractivity contribution is -0.489. The molecule has 3 atom stereocenters. The normalized spacial score (nSPS) is 25.3. The van der Waals surface area contributed by atoms with Crippen molar-refractivity contribution in [1.82, 2.24) is 0 Å². The summed E-state index contributed by atoms with van der Waals surface area (Å²) in [6.45, 7) is 1.14. The first-order valence-corrected chi connectivity index (χ1v) is 11.5. The van der Waals surface area contributed by atoms with Gasteiger partial charge in [0.15, 0.2) is 5.79 Å². The topological polar surface area (TPSA) is 119 Å². The van der Waals surface area contributed by atoms with Gasteiger partial charge in [0.05, 0.1) is 13.2 Å². The molecule has 0 aromatic heterocycles. The second kappa shape index (κ2) is 13.6. The minimum atomic E-state index is -0.792.